The highest BCUT2D eigenvalue weighted by molar-refractivity contribution is 5.75. The van der Waals surface area contributed by atoms with Crippen LogP contribution in [0.5, 0.6) is 5.75 Å². The Bertz CT molecular complexity index is 824. The van der Waals surface area contributed by atoms with Gasteiger partial charge in [-0.05, 0) is 49.1 Å². The highest BCUT2D eigenvalue weighted by Crippen LogP contribution is 2.41. The number of rotatable bonds is 4. The zero-order chi connectivity index (χ0) is 19.7. The van der Waals surface area contributed by atoms with Crippen molar-refractivity contribution in [2.24, 2.45) is 0 Å². The molecule has 0 spiro atoms. The van der Waals surface area contributed by atoms with Crippen molar-refractivity contribution < 1.29 is 13.9 Å². The first-order chi connectivity index (χ1) is 13.5. The summed E-state index contributed by atoms with van der Waals surface area (Å²) < 4.78 is 19.3. The van der Waals surface area contributed by atoms with E-state index < -0.39 is 0 Å². The van der Waals surface area contributed by atoms with E-state index in [4.69, 9.17) is 4.74 Å². The van der Waals surface area contributed by atoms with E-state index in [0.717, 1.165) is 41.7 Å². The van der Waals surface area contributed by atoms with Crippen LogP contribution in [0.1, 0.15) is 41.9 Å². The van der Waals surface area contributed by atoms with Gasteiger partial charge in [0.2, 0.25) is 0 Å². The van der Waals surface area contributed by atoms with Gasteiger partial charge in [-0.3, -0.25) is 0 Å². The number of nitrogens with zero attached hydrogens (tertiary/aromatic N) is 1. The molecule has 2 aromatic carbocycles. The molecular formula is C23H27FN2O2. The second-order valence-electron chi connectivity index (χ2n) is 7.97. The summed E-state index contributed by atoms with van der Waals surface area (Å²) >= 11 is 0. The number of likely N-dealkylation sites (tertiary alicyclic amines) is 1. The predicted molar refractivity (Wildman–Crippen MR) is 107 cm³/mol. The number of hydrogen-bond donors (Lipinski definition) is 1. The molecule has 4 nitrogen and oxygen atoms in total. The minimum atomic E-state index is -0.226. The average Bonchev–Trinajstić information content (AvgIpc) is 3.45. The number of carbonyl (C=O) groups is 1. The number of ether oxygens (including phenoxy) is 1. The van der Waals surface area contributed by atoms with E-state index in [-0.39, 0.29) is 24.0 Å². The monoisotopic (exact) mass is 382 g/mol. The molecule has 5 heteroatoms. The molecule has 1 N–H and O–H groups in total. The molecule has 2 aromatic rings. The van der Waals surface area contributed by atoms with Crippen LogP contribution in [0, 0.1) is 19.7 Å². The van der Waals surface area contributed by atoms with E-state index in [1.807, 2.05) is 23.1 Å². The summed E-state index contributed by atoms with van der Waals surface area (Å²) in [6.45, 7) is 5.54. The zero-order valence-corrected chi connectivity index (χ0v) is 16.5. The lowest BCUT2D eigenvalue weighted by Crippen LogP contribution is -2.47. The van der Waals surface area contributed by atoms with Crippen molar-refractivity contribution in [2.75, 3.05) is 13.1 Å². The highest BCUT2D eigenvalue weighted by atomic mass is 19.1. The third kappa shape index (κ3) is 4.13. The minimum Gasteiger partial charge on any atom is -0.490 e. The number of aryl methyl sites for hydroxylation is 2. The standard InChI is InChI=1S/C23H27FN2O2/c1-15-4-3-5-16(2)22(15)28-19-10-12-26(13-11-19)23(27)25-21-14-20(21)17-6-8-18(24)9-7-17/h3-9,19-21H,10-14H2,1-2H3,(H,25,27). The number of benzene rings is 2. The summed E-state index contributed by atoms with van der Waals surface area (Å²) in [6, 6.07) is 12.9. The van der Waals surface area contributed by atoms with Gasteiger partial charge >= 0.3 is 6.03 Å². The topological polar surface area (TPSA) is 41.6 Å². The Morgan fingerprint density at radius 1 is 1.07 bits per heavy atom. The SMILES string of the molecule is Cc1cccc(C)c1OC1CCN(C(=O)NC2CC2c2ccc(F)cc2)CC1. The lowest BCUT2D eigenvalue weighted by atomic mass is 10.1. The minimum absolute atomic E-state index is 0.000124. The smallest absolute Gasteiger partial charge is 0.317 e. The van der Waals surface area contributed by atoms with Crippen molar-refractivity contribution >= 4 is 6.03 Å². The Kier molecular flexibility index (Phi) is 5.25. The quantitative estimate of drug-likeness (QED) is 0.843. The Morgan fingerprint density at radius 3 is 2.36 bits per heavy atom. The van der Waals surface area contributed by atoms with Gasteiger partial charge < -0.3 is 15.0 Å². The third-order valence-electron chi connectivity index (χ3n) is 5.82. The zero-order valence-electron chi connectivity index (χ0n) is 16.5. The lowest BCUT2D eigenvalue weighted by molar-refractivity contribution is 0.110. The summed E-state index contributed by atoms with van der Waals surface area (Å²) in [5.74, 6) is 1.05. The van der Waals surface area contributed by atoms with Gasteiger partial charge in [0.05, 0.1) is 0 Å². The van der Waals surface area contributed by atoms with Gasteiger partial charge in [-0.2, -0.15) is 0 Å². The first-order valence-corrected chi connectivity index (χ1v) is 10.0. The Labute approximate surface area is 165 Å². The fourth-order valence-electron chi connectivity index (χ4n) is 4.01. The van der Waals surface area contributed by atoms with Crippen LogP contribution in [0.15, 0.2) is 42.5 Å². The van der Waals surface area contributed by atoms with E-state index in [9.17, 15) is 9.18 Å². The molecule has 28 heavy (non-hydrogen) atoms. The van der Waals surface area contributed by atoms with Crippen molar-refractivity contribution in [3.8, 4) is 5.75 Å². The van der Waals surface area contributed by atoms with Gasteiger partial charge in [-0.1, -0.05) is 30.3 Å². The predicted octanol–water partition coefficient (Wildman–Crippen LogP) is 4.55. The Hall–Kier alpha value is -2.56. The van der Waals surface area contributed by atoms with E-state index in [1.54, 1.807) is 0 Å². The number of halogens is 1. The maximum absolute atomic E-state index is 13.0. The number of piperidine rings is 1. The molecular weight excluding hydrogens is 355 g/mol. The maximum atomic E-state index is 13.0. The molecule has 2 fully saturated rings. The van der Waals surface area contributed by atoms with Gasteiger partial charge in [-0.15, -0.1) is 0 Å². The Balaban J connectivity index is 1.25. The number of para-hydroxylation sites is 1. The fraction of sp³-hybridized carbons (Fsp3) is 0.435. The molecule has 4 rings (SSSR count). The molecule has 1 aliphatic heterocycles. The van der Waals surface area contributed by atoms with Crippen molar-refractivity contribution in [2.45, 2.75) is 51.2 Å². The average molecular weight is 382 g/mol. The van der Waals surface area contributed by atoms with Crippen LogP contribution < -0.4 is 10.1 Å². The van der Waals surface area contributed by atoms with Crippen LogP contribution in [0.4, 0.5) is 9.18 Å². The molecule has 1 aliphatic carbocycles. The number of urea groups is 1. The largest absolute Gasteiger partial charge is 0.490 e. The molecule has 2 unspecified atom stereocenters. The molecule has 0 radical (unpaired) electrons. The fourth-order valence-corrected chi connectivity index (χ4v) is 4.01. The summed E-state index contributed by atoms with van der Waals surface area (Å²) in [7, 11) is 0. The van der Waals surface area contributed by atoms with Crippen LogP contribution >= 0.6 is 0 Å². The van der Waals surface area contributed by atoms with Crippen molar-refractivity contribution in [1.82, 2.24) is 10.2 Å². The van der Waals surface area contributed by atoms with E-state index >= 15 is 0 Å². The van der Waals surface area contributed by atoms with E-state index in [2.05, 4.69) is 31.3 Å². The Morgan fingerprint density at radius 2 is 1.71 bits per heavy atom. The second-order valence-corrected chi connectivity index (χ2v) is 7.97. The van der Waals surface area contributed by atoms with Gasteiger partial charge in [0.15, 0.2) is 0 Å². The first-order valence-electron chi connectivity index (χ1n) is 10.0. The molecule has 0 aromatic heterocycles. The van der Waals surface area contributed by atoms with Crippen LogP contribution in [-0.4, -0.2) is 36.2 Å². The molecule has 2 amide bonds. The van der Waals surface area contributed by atoms with Crippen LogP contribution in [0.3, 0.4) is 0 Å². The molecule has 148 valence electrons. The number of hydrogen-bond acceptors (Lipinski definition) is 2. The molecule has 2 atom stereocenters. The van der Waals surface area contributed by atoms with E-state index in [0.29, 0.717) is 19.0 Å². The number of amides is 2. The van der Waals surface area contributed by atoms with Crippen molar-refractivity contribution in [3.05, 3.63) is 65.0 Å². The maximum Gasteiger partial charge on any atom is 0.317 e. The molecule has 1 saturated heterocycles. The van der Waals surface area contributed by atoms with E-state index in [1.165, 1.54) is 12.1 Å². The van der Waals surface area contributed by atoms with Gasteiger partial charge in [0.1, 0.15) is 17.7 Å². The van der Waals surface area contributed by atoms with Crippen LogP contribution in [-0.2, 0) is 0 Å². The third-order valence-corrected chi connectivity index (χ3v) is 5.82. The summed E-state index contributed by atoms with van der Waals surface area (Å²) in [4.78, 5) is 14.4. The highest BCUT2D eigenvalue weighted by Gasteiger charge is 2.40. The van der Waals surface area contributed by atoms with Crippen molar-refractivity contribution in [3.63, 3.8) is 0 Å². The number of nitrogens with one attached hydrogen (secondary N) is 1. The van der Waals surface area contributed by atoms with Crippen molar-refractivity contribution in [1.29, 1.82) is 0 Å². The van der Waals surface area contributed by atoms with Gasteiger partial charge in [0.25, 0.3) is 0 Å². The van der Waals surface area contributed by atoms with Crippen LogP contribution in [0.2, 0.25) is 0 Å². The first kappa shape index (κ1) is 18.8. The van der Waals surface area contributed by atoms with Crippen LogP contribution in [0.25, 0.3) is 0 Å². The van der Waals surface area contributed by atoms with Gasteiger partial charge in [0, 0.05) is 37.9 Å². The second kappa shape index (κ2) is 7.82. The molecule has 0 bridgehead atoms. The summed E-state index contributed by atoms with van der Waals surface area (Å²) in [6.07, 6.45) is 2.75. The van der Waals surface area contributed by atoms with Gasteiger partial charge in [-0.25, -0.2) is 9.18 Å². The molecule has 1 saturated carbocycles. The summed E-state index contributed by atoms with van der Waals surface area (Å²) in [5, 5.41) is 3.12. The number of carbonyl (C=O) groups excluding carboxylic acids is 1. The summed E-state index contributed by atoms with van der Waals surface area (Å²) in [5.41, 5.74) is 3.40. The lowest BCUT2D eigenvalue weighted by Gasteiger charge is -2.33. The molecule has 2 aliphatic rings. The molecule has 1 heterocycles. The normalized spacial score (nSPS) is 22.0.